The molecule has 2 N–H and O–H groups in total. The average molecular weight is 441 g/mol. The van der Waals surface area contributed by atoms with Gasteiger partial charge in [-0.3, -0.25) is 9.52 Å². The van der Waals surface area contributed by atoms with E-state index in [-0.39, 0.29) is 10.8 Å². The Morgan fingerprint density at radius 3 is 2.35 bits per heavy atom. The second-order valence-electron chi connectivity index (χ2n) is 6.73. The van der Waals surface area contributed by atoms with E-state index in [1.54, 1.807) is 55.5 Å². The van der Waals surface area contributed by atoms with E-state index in [2.05, 4.69) is 10.0 Å². The number of hydrogen-bond donors (Lipinski definition) is 2. The van der Waals surface area contributed by atoms with E-state index in [1.807, 2.05) is 13.0 Å². The van der Waals surface area contributed by atoms with E-state index in [0.717, 1.165) is 0 Å². The Morgan fingerprint density at radius 1 is 0.968 bits per heavy atom. The summed E-state index contributed by atoms with van der Waals surface area (Å²) in [5.41, 5.74) is 2.03. The Hall–Kier alpha value is -3.52. The number of hydrogen-bond acceptors (Lipinski definition) is 5. The van der Waals surface area contributed by atoms with Crippen molar-refractivity contribution in [3.63, 3.8) is 0 Å². The van der Waals surface area contributed by atoms with Gasteiger partial charge < -0.3 is 14.8 Å². The molecule has 0 heterocycles. The minimum Gasteiger partial charge on any atom is -0.497 e. The molecule has 0 aliphatic rings. The van der Waals surface area contributed by atoms with Crippen LogP contribution in [0.5, 0.6) is 11.5 Å². The van der Waals surface area contributed by atoms with Crippen molar-refractivity contribution in [3.05, 3.63) is 77.9 Å². The van der Waals surface area contributed by atoms with Crippen molar-refractivity contribution < 1.29 is 22.7 Å². The molecule has 0 saturated carbocycles. The van der Waals surface area contributed by atoms with E-state index in [4.69, 9.17) is 9.47 Å². The SMILES string of the molecule is CCOc1cccc(NC(=O)c2ccc(NS(=O)(=O)c3ccc(OC)cc3)c(C)c2)c1. The zero-order valence-corrected chi connectivity index (χ0v) is 18.3. The molecule has 0 aliphatic heterocycles. The fourth-order valence-electron chi connectivity index (χ4n) is 2.91. The van der Waals surface area contributed by atoms with Gasteiger partial charge in [0.05, 0.1) is 24.3 Å². The summed E-state index contributed by atoms with van der Waals surface area (Å²) in [4.78, 5) is 12.7. The molecule has 0 atom stereocenters. The minimum absolute atomic E-state index is 0.115. The molecular weight excluding hydrogens is 416 g/mol. The topological polar surface area (TPSA) is 93.7 Å². The lowest BCUT2D eigenvalue weighted by Crippen LogP contribution is -2.15. The Labute approximate surface area is 182 Å². The van der Waals surface area contributed by atoms with Crippen LogP contribution in [0.2, 0.25) is 0 Å². The lowest BCUT2D eigenvalue weighted by molar-refractivity contribution is 0.102. The van der Waals surface area contributed by atoms with Gasteiger partial charge >= 0.3 is 0 Å². The highest BCUT2D eigenvalue weighted by molar-refractivity contribution is 7.92. The van der Waals surface area contributed by atoms with Crippen molar-refractivity contribution in [2.24, 2.45) is 0 Å². The monoisotopic (exact) mass is 440 g/mol. The predicted molar refractivity (Wildman–Crippen MR) is 121 cm³/mol. The Morgan fingerprint density at radius 2 is 1.71 bits per heavy atom. The van der Waals surface area contributed by atoms with Gasteiger partial charge in [-0.2, -0.15) is 0 Å². The molecule has 31 heavy (non-hydrogen) atoms. The summed E-state index contributed by atoms with van der Waals surface area (Å²) in [5, 5.41) is 2.82. The zero-order valence-electron chi connectivity index (χ0n) is 17.5. The highest BCUT2D eigenvalue weighted by Crippen LogP contribution is 2.23. The molecule has 0 radical (unpaired) electrons. The van der Waals surface area contributed by atoms with E-state index < -0.39 is 10.0 Å². The van der Waals surface area contributed by atoms with Crippen molar-refractivity contribution >= 4 is 27.3 Å². The fraction of sp³-hybridized carbons (Fsp3) is 0.174. The summed E-state index contributed by atoms with van der Waals surface area (Å²) in [5.74, 6) is 0.929. The number of nitrogens with one attached hydrogen (secondary N) is 2. The molecule has 7 nitrogen and oxygen atoms in total. The largest absolute Gasteiger partial charge is 0.497 e. The summed E-state index contributed by atoms with van der Waals surface area (Å²) in [7, 11) is -2.26. The summed E-state index contributed by atoms with van der Waals surface area (Å²) >= 11 is 0. The first-order valence-corrected chi connectivity index (χ1v) is 11.1. The molecule has 0 aromatic heterocycles. The quantitative estimate of drug-likeness (QED) is 0.540. The fourth-order valence-corrected chi connectivity index (χ4v) is 4.04. The Kier molecular flexibility index (Phi) is 6.81. The van der Waals surface area contributed by atoms with Crippen LogP contribution in [0, 0.1) is 6.92 Å². The normalized spacial score (nSPS) is 10.9. The number of amides is 1. The maximum Gasteiger partial charge on any atom is 0.261 e. The van der Waals surface area contributed by atoms with Gasteiger partial charge in [-0.05, 0) is 74.0 Å². The summed E-state index contributed by atoms with van der Waals surface area (Å²) < 4.78 is 38.4. The van der Waals surface area contributed by atoms with E-state index in [9.17, 15) is 13.2 Å². The minimum atomic E-state index is -3.77. The van der Waals surface area contributed by atoms with Gasteiger partial charge in [-0.25, -0.2) is 8.42 Å². The average Bonchev–Trinajstić information content (AvgIpc) is 2.75. The van der Waals surface area contributed by atoms with E-state index in [1.165, 1.54) is 19.2 Å². The molecule has 1 amide bonds. The van der Waals surface area contributed by atoms with Crippen LogP contribution in [0.4, 0.5) is 11.4 Å². The van der Waals surface area contributed by atoms with Gasteiger partial charge in [0.1, 0.15) is 11.5 Å². The molecule has 0 fully saturated rings. The number of aryl methyl sites for hydroxylation is 1. The molecule has 8 heteroatoms. The number of sulfonamides is 1. The van der Waals surface area contributed by atoms with Gasteiger partial charge in [-0.1, -0.05) is 6.07 Å². The van der Waals surface area contributed by atoms with Gasteiger partial charge in [0, 0.05) is 17.3 Å². The van der Waals surface area contributed by atoms with Crippen LogP contribution in [0.15, 0.2) is 71.6 Å². The molecular formula is C23H24N2O5S. The molecule has 0 aliphatic carbocycles. The van der Waals surface area contributed by atoms with Crippen molar-refractivity contribution in [2.45, 2.75) is 18.7 Å². The van der Waals surface area contributed by atoms with Crippen molar-refractivity contribution in [3.8, 4) is 11.5 Å². The van der Waals surface area contributed by atoms with Crippen molar-refractivity contribution in [2.75, 3.05) is 23.8 Å². The first-order chi connectivity index (χ1) is 14.8. The Balaban J connectivity index is 1.74. The second kappa shape index (κ2) is 9.53. The van der Waals surface area contributed by atoms with E-state index >= 15 is 0 Å². The van der Waals surface area contributed by atoms with Gasteiger partial charge in [0.2, 0.25) is 0 Å². The van der Waals surface area contributed by atoms with Crippen LogP contribution >= 0.6 is 0 Å². The number of ether oxygens (including phenoxy) is 2. The number of carbonyl (C=O) groups excluding carboxylic acids is 1. The van der Waals surface area contributed by atoms with Crippen molar-refractivity contribution in [1.29, 1.82) is 0 Å². The van der Waals surface area contributed by atoms with Crippen LogP contribution in [-0.2, 0) is 10.0 Å². The first-order valence-electron chi connectivity index (χ1n) is 9.64. The van der Waals surface area contributed by atoms with Crippen LogP contribution in [0.25, 0.3) is 0 Å². The third kappa shape index (κ3) is 5.55. The summed E-state index contributed by atoms with van der Waals surface area (Å²) in [6, 6.07) is 18.0. The van der Waals surface area contributed by atoms with Gasteiger partial charge in [0.25, 0.3) is 15.9 Å². The molecule has 0 unspecified atom stereocenters. The lowest BCUT2D eigenvalue weighted by atomic mass is 10.1. The molecule has 3 rings (SSSR count). The smallest absolute Gasteiger partial charge is 0.261 e. The number of anilines is 2. The van der Waals surface area contributed by atoms with Crippen LogP contribution in [0.1, 0.15) is 22.8 Å². The highest BCUT2D eigenvalue weighted by Gasteiger charge is 2.16. The molecule has 0 spiro atoms. The van der Waals surface area contributed by atoms with E-state index in [0.29, 0.717) is 40.6 Å². The Bertz CT molecular complexity index is 1170. The molecule has 0 bridgehead atoms. The van der Waals surface area contributed by atoms with Crippen LogP contribution in [0.3, 0.4) is 0 Å². The summed E-state index contributed by atoms with van der Waals surface area (Å²) in [6.07, 6.45) is 0. The third-order valence-electron chi connectivity index (χ3n) is 4.51. The number of carbonyl (C=O) groups is 1. The molecule has 162 valence electrons. The standard InChI is InChI=1S/C23H24N2O5S/c1-4-30-20-7-5-6-18(15-20)24-23(26)17-8-13-22(16(2)14-17)25-31(27,28)21-11-9-19(29-3)10-12-21/h5-15,25H,4H2,1-3H3,(H,24,26). The zero-order chi connectivity index (χ0) is 22.4. The summed E-state index contributed by atoms with van der Waals surface area (Å²) in [6.45, 7) is 4.15. The maximum atomic E-state index is 12.7. The number of benzene rings is 3. The number of rotatable bonds is 8. The predicted octanol–water partition coefficient (Wildman–Crippen LogP) is 4.46. The lowest BCUT2D eigenvalue weighted by Gasteiger charge is -2.13. The third-order valence-corrected chi connectivity index (χ3v) is 5.89. The molecule has 3 aromatic carbocycles. The van der Waals surface area contributed by atoms with Crippen molar-refractivity contribution in [1.82, 2.24) is 0 Å². The van der Waals surface area contributed by atoms with Crippen LogP contribution in [-0.4, -0.2) is 28.0 Å². The number of methoxy groups -OCH3 is 1. The first kappa shape index (κ1) is 22.2. The van der Waals surface area contributed by atoms with Gasteiger partial charge in [0.15, 0.2) is 0 Å². The highest BCUT2D eigenvalue weighted by atomic mass is 32.2. The van der Waals surface area contributed by atoms with Gasteiger partial charge in [-0.15, -0.1) is 0 Å². The molecule has 3 aromatic rings. The maximum absolute atomic E-state index is 12.7. The van der Waals surface area contributed by atoms with Crippen LogP contribution < -0.4 is 19.5 Å². The molecule has 0 saturated heterocycles. The second-order valence-corrected chi connectivity index (χ2v) is 8.41.